The molecule has 1 aromatic heterocycles. The number of sulfonamides is 1. The monoisotopic (exact) mass is 352 g/mol. The third kappa shape index (κ3) is 3.14. The molecule has 2 heterocycles. The fourth-order valence-corrected chi connectivity index (χ4v) is 5.93. The summed E-state index contributed by atoms with van der Waals surface area (Å²) in [6.45, 7) is 4.80. The highest BCUT2D eigenvalue weighted by Gasteiger charge is 2.28. The van der Waals surface area contributed by atoms with Crippen LogP contribution in [-0.4, -0.2) is 27.0 Å². The summed E-state index contributed by atoms with van der Waals surface area (Å²) in [6, 6.07) is 1.82. The highest BCUT2D eigenvalue weighted by Crippen LogP contribution is 2.30. The highest BCUT2D eigenvalue weighted by atomic mass is 79.9. The predicted molar refractivity (Wildman–Crippen MR) is 77.6 cm³/mol. The predicted octanol–water partition coefficient (Wildman–Crippen LogP) is 2.24. The number of halogens is 1. The fraction of sp³-hybridized carbons (Fsp3) is 0.636. The van der Waals surface area contributed by atoms with E-state index >= 15 is 0 Å². The van der Waals surface area contributed by atoms with Crippen LogP contribution >= 0.6 is 27.3 Å². The van der Waals surface area contributed by atoms with E-state index in [1.807, 2.05) is 13.8 Å². The average molecular weight is 353 g/mol. The SMILES string of the molecule is Cc1sc(Br)cc1S(=O)(=O)NC1CCCNC1C. The van der Waals surface area contributed by atoms with Crippen molar-refractivity contribution in [2.24, 2.45) is 0 Å². The second-order valence-corrected chi connectivity index (χ2v) is 8.90. The molecule has 0 bridgehead atoms. The minimum Gasteiger partial charge on any atom is -0.313 e. The van der Waals surface area contributed by atoms with Crippen LogP contribution in [0.5, 0.6) is 0 Å². The summed E-state index contributed by atoms with van der Waals surface area (Å²) in [4.78, 5) is 1.20. The van der Waals surface area contributed by atoms with E-state index in [0.717, 1.165) is 28.0 Å². The number of hydrogen-bond donors (Lipinski definition) is 2. The number of hydrogen-bond acceptors (Lipinski definition) is 4. The number of thiophene rings is 1. The Morgan fingerprint density at radius 1 is 1.56 bits per heavy atom. The normalized spacial score (nSPS) is 25.3. The van der Waals surface area contributed by atoms with Gasteiger partial charge in [0.25, 0.3) is 0 Å². The van der Waals surface area contributed by atoms with Crippen molar-refractivity contribution >= 4 is 37.3 Å². The van der Waals surface area contributed by atoms with Gasteiger partial charge in [0.1, 0.15) is 0 Å². The van der Waals surface area contributed by atoms with Crippen molar-refractivity contribution in [3.05, 3.63) is 14.7 Å². The highest BCUT2D eigenvalue weighted by molar-refractivity contribution is 9.11. The van der Waals surface area contributed by atoms with Crippen LogP contribution < -0.4 is 10.0 Å². The first kappa shape index (κ1) is 14.5. The van der Waals surface area contributed by atoms with Crippen molar-refractivity contribution < 1.29 is 8.42 Å². The van der Waals surface area contributed by atoms with Crippen molar-refractivity contribution in [2.75, 3.05) is 6.54 Å². The summed E-state index contributed by atoms with van der Waals surface area (Å²) in [6.07, 6.45) is 1.89. The zero-order valence-corrected chi connectivity index (χ0v) is 13.6. The van der Waals surface area contributed by atoms with E-state index < -0.39 is 10.0 Å². The zero-order valence-electron chi connectivity index (χ0n) is 10.4. The number of aryl methyl sites for hydroxylation is 1. The second kappa shape index (κ2) is 5.58. The van der Waals surface area contributed by atoms with Crippen LogP contribution in [0.3, 0.4) is 0 Å². The summed E-state index contributed by atoms with van der Waals surface area (Å²) in [5.41, 5.74) is 0. The Morgan fingerprint density at radius 2 is 2.28 bits per heavy atom. The van der Waals surface area contributed by atoms with E-state index in [4.69, 9.17) is 0 Å². The molecule has 1 aliphatic heterocycles. The van der Waals surface area contributed by atoms with E-state index in [9.17, 15) is 8.42 Å². The van der Waals surface area contributed by atoms with Crippen molar-refractivity contribution in [1.29, 1.82) is 0 Å². The second-order valence-electron chi connectivity index (χ2n) is 4.58. The molecule has 1 aliphatic rings. The Kier molecular flexibility index (Phi) is 4.48. The molecule has 102 valence electrons. The lowest BCUT2D eigenvalue weighted by Crippen LogP contribution is -2.51. The molecule has 2 N–H and O–H groups in total. The van der Waals surface area contributed by atoms with Crippen LogP contribution in [-0.2, 0) is 10.0 Å². The molecular weight excluding hydrogens is 336 g/mol. The Labute approximate surface area is 120 Å². The first-order valence-electron chi connectivity index (χ1n) is 5.92. The lowest BCUT2D eigenvalue weighted by molar-refractivity contribution is 0.349. The van der Waals surface area contributed by atoms with Crippen molar-refractivity contribution in [3.63, 3.8) is 0 Å². The minimum absolute atomic E-state index is 0.0261. The third-order valence-electron chi connectivity index (χ3n) is 3.20. The Balaban J connectivity index is 2.19. The molecule has 0 spiro atoms. The Morgan fingerprint density at radius 3 is 2.83 bits per heavy atom. The van der Waals surface area contributed by atoms with Gasteiger partial charge in [-0.3, -0.25) is 0 Å². The first-order chi connectivity index (χ1) is 8.40. The van der Waals surface area contributed by atoms with E-state index in [0.29, 0.717) is 4.90 Å². The molecule has 0 aliphatic carbocycles. The molecule has 2 rings (SSSR count). The van der Waals surface area contributed by atoms with Gasteiger partial charge in [0.15, 0.2) is 0 Å². The molecule has 4 nitrogen and oxygen atoms in total. The van der Waals surface area contributed by atoms with Gasteiger partial charge in [0, 0.05) is 17.0 Å². The van der Waals surface area contributed by atoms with Crippen molar-refractivity contribution in [3.8, 4) is 0 Å². The molecule has 1 aromatic rings. The fourth-order valence-electron chi connectivity index (χ4n) is 2.17. The standard InChI is InChI=1S/C11H17BrN2O2S2/c1-7-9(4-3-5-13-7)14-18(15,16)10-6-11(12)17-8(10)2/h6-7,9,13-14H,3-5H2,1-2H3. The van der Waals surface area contributed by atoms with Crippen LogP contribution in [0.25, 0.3) is 0 Å². The van der Waals surface area contributed by atoms with E-state index in [1.165, 1.54) is 11.3 Å². The maximum Gasteiger partial charge on any atom is 0.242 e. The number of piperidine rings is 1. The zero-order chi connectivity index (χ0) is 13.3. The Bertz CT molecular complexity index is 527. The summed E-state index contributed by atoms with van der Waals surface area (Å²) in [5, 5.41) is 3.29. The summed E-state index contributed by atoms with van der Waals surface area (Å²) < 4.78 is 28.3. The van der Waals surface area contributed by atoms with Gasteiger partial charge in [0.05, 0.1) is 8.68 Å². The van der Waals surface area contributed by atoms with Crippen LogP contribution in [0.15, 0.2) is 14.7 Å². The van der Waals surface area contributed by atoms with Crippen LogP contribution in [0.2, 0.25) is 0 Å². The van der Waals surface area contributed by atoms with Crippen LogP contribution in [0.4, 0.5) is 0 Å². The molecule has 2 atom stereocenters. The van der Waals surface area contributed by atoms with Gasteiger partial charge in [0.2, 0.25) is 10.0 Å². The number of nitrogens with one attached hydrogen (secondary N) is 2. The van der Waals surface area contributed by atoms with Gasteiger partial charge in [-0.1, -0.05) is 0 Å². The van der Waals surface area contributed by atoms with Gasteiger partial charge in [-0.05, 0) is 55.2 Å². The molecule has 18 heavy (non-hydrogen) atoms. The quantitative estimate of drug-likeness (QED) is 0.876. The van der Waals surface area contributed by atoms with E-state index in [-0.39, 0.29) is 12.1 Å². The van der Waals surface area contributed by atoms with E-state index in [1.54, 1.807) is 6.07 Å². The Hall–Kier alpha value is 0.0500. The maximum atomic E-state index is 12.3. The smallest absolute Gasteiger partial charge is 0.242 e. The van der Waals surface area contributed by atoms with Gasteiger partial charge in [-0.2, -0.15) is 0 Å². The maximum absolute atomic E-state index is 12.3. The van der Waals surface area contributed by atoms with Gasteiger partial charge < -0.3 is 5.32 Å². The molecule has 1 fully saturated rings. The molecule has 0 amide bonds. The van der Waals surface area contributed by atoms with Crippen molar-refractivity contribution in [2.45, 2.75) is 43.7 Å². The van der Waals surface area contributed by atoms with E-state index in [2.05, 4.69) is 26.0 Å². The molecule has 0 saturated carbocycles. The summed E-state index contributed by atoms with van der Waals surface area (Å²) in [7, 11) is -3.41. The summed E-state index contributed by atoms with van der Waals surface area (Å²) >= 11 is 4.77. The molecule has 7 heteroatoms. The molecule has 0 radical (unpaired) electrons. The molecular formula is C11H17BrN2O2S2. The first-order valence-corrected chi connectivity index (χ1v) is 9.01. The molecule has 1 saturated heterocycles. The van der Waals surface area contributed by atoms with Gasteiger partial charge >= 0.3 is 0 Å². The average Bonchev–Trinajstić information content (AvgIpc) is 2.62. The van der Waals surface area contributed by atoms with Crippen molar-refractivity contribution in [1.82, 2.24) is 10.0 Å². The van der Waals surface area contributed by atoms with Crippen LogP contribution in [0.1, 0.15) is 24.6 Å². The van der Waals surface area contributed by atoms with Crippen LogP contribution in [0, 0.1) is 6.92 Å². The van der Waals surface area contributed by atoms with Gasteiger partial charge in [-0.25, -0.2) is 13.1 Å². The molecule has 2 unspecified atom stereocenters. The topological polar surface area (TPSA) is 58.2 Å². The minimum atomic E-state index is -3.41. The lowest BCUT2D eigenvalue weighted by Gasteiger charge is -2.30. The number of rotatable bonds is 3. The largest absolute Gasteiger partial charge is 0.313 e. The third-order valence-corrected chi connectivity index (χ3v) is 6.50. The lowest BCUT2D eigenvalue weighted by atomic mass is 10.0. The summed E-state index contributed by atoms with van der Waals surface area (Å²) in [5.74, 6) is 0. The van der Waals surface area contributed by atoms with Gasteiger partial charge in [-0.15, -0.1) is 11.3 Å². The molecule has 0 aromatic carbocycles.